The van der Waals surface area contributed by atoms with Gasteiger partial charge in [-0.2, -0.15) is 13.2 Å². The second-order valence-corrected chi connectivity index (χ2v) is 4.31. The SMILES string of the molecule is CC(NC(=O)/C=C/c1ccccc1)C(=O)NCC(F)(F)F. The summed E-state index contributed by atoms with van der Waals surface area (Å²) in [4.78, 5) is 22.9. The van der Waals surface area contributed by atoms with Gasteiger partial charge in [0.05, 0.1) is 0 Å². The molecule has 7 heteroatoms. The lowest BCUT2D eigenvalue weighted by molar-refractivity contribution is -0.140. The summed E-state index contributed by atoms with van der Waals surface area (Å²) in [7, 11) is 0. The first kappa shape index (κ1) is 16.7. The van der Waals surface area contributed by atoms with Gasteiger partial charge in [0.1, 0.15) is 12.6 Å². The van der Waals surface area contributed by atoms with Crippen molar-refractivity contribution < 1.29 is 22.8 Å². The monoisotopic (exact) mass is 300 g/mol. The first-order valence-electron chi connectivity index (χ1n) is 6.16. The number of halogens is 3. The molecule has 1 aromatic carbocycles. The third-order valence-electron chi connectivity index (χ3n) is 2.44. The molecule has 114 valence electrons. The van der Waals surface area contributed by atoms with Crippen LogP contribution in [0.3, 0.4) is 0 Å². The minimum Gasteiger partial charge on any atom is -0.345 e. The van der Waals surface area contributed by atoms with E-state index in [2.05, 4.69) is 5.32 Å². The molecule has 4 nitrogen and oxygen atoms in total. The Bertz CT molecular complexity index is 513. The second kappa shape index (κ2) is 7.47. The van der Waals surface area contributed by atoms with Gasteiger partial charge in [0.2, 0.25) is 11.8 Å². The molecule has 1 unspecified atom stereocenters. The van der Waals surface area contributed by atoms with Crippen molar-refractivity contribution in [3.63, 3.8) is 0 Å². The Morgan fingerprint density at radius 3 is 2.43 bits per heavy atom. The summed E-state index contributed by atoms with van der Waals surface area (Å²) >= 11 is 0. The summed E-state index contributed by atoms with van der Waals surface area (Å²) in [5.74, 6) is -1.46. The fourth-order valence-corrected chi connectivity index (χ4v) is 1.40. The molecule has 0 aliphatic heterocycles. The summed E-state index contributed by atoms with van der Waals surface area (Å²) in [5, 5.41) is 3.98. The van der Waals surface area contributed by atoms with Crippen LogP contribution in [-0.4, -0.2) is 30.6 Å². The van der Waals surface area contributed by atoms with E-state index >= 15 is 0 Å². The summed E-state index contributed by atoms with van der Waals surface area (Å²) in [6.07, 6.45) is -1.73. The lowest BCUT2D eigenvalue weighted by Crippen LogP contribution is -2.46. The quantitative estimate of drug-likeness (QED) is 0.816. The largest absolute Gasteiger partial charge is 0.405 e. The van der Waals surface area contributed by atoms with E-state index in [4.69, 9.17) is 0 Å². The Kier molecular flexibility index (Phi) is 5.95. The van der Waals surface area contributed by atoms with E-state index in [1.807, 2.05) is 6.07 Å². The smallest absolute Gasteiger partial charge is 0.345 e. The van der Waals surface area contributed by atoms with Crippen LogP contribution in [0.2, 0.25) is 0 Å². The highest BCUT2D eigenvalue weighted by Crippen LogP contribution is 2.12. The average Bonchev–Trinajstić information content (AvgIpc) is 2.42. The highest BCUT2D eigenvalue weighted by atomic mass is 19.4. The van der Waals surface area contributed by atoms with Gasteiger partial charge in [-0.25, -0.2) is 0 Å². The van der Waals surface area contributed by atoms with Crippen molar-refractivity contribution in [3.05, 3.63) is 42.0 Å². The number of hydrogen-bond acceptors (Lipinski definition) is 2. The minimum atomic E-state index is -4.48. The molecule has 0 heterocycles. The summed E-state index contributed by atoms with van der Waals surface area (Å²) < 4.78 is 35.8. The van der Waals surface area contributed by atoms with Crippen LogP contribution in [0, 0.1) is 0 Å². The zero-order valence-corrected chi connectivity index (χ0v) is 11.3. The van der Waals surface area contributed by atoms with Crippen molar-refractivity contribution in [2.75, 3.05) is 6.54 Å². The van der Waals surface area contributed by atoms with Gasteiger partial charge in [0, 0.05) is 6.08 Å². The van der Waals surface area contributed by atoms with Gasteiger partial charge in [-0.05, 0) is 18.6 Å². The molecule has 0 fully saturated rings. The molecule has 1 rings (SSSR count). The highest BCUT2D eigenvalue weighted by Gasteiger charge is 2.28. The number of alkyl halides is 3. The van der Waals surface area contributed by atoms with E-state index < -0.39 is 30.6 Å². The topological polar surface area (TPSA) is 58.2 Å². The normalized spacial score (nSPS) is 13.0. The lowest BCUT2D eigenvalue weighted by Gasteiger charge is -2.14. The van der Waals surface area contributed by atoms with E-state index in [1.54, 1.807) is 29.6 Å². The number of rotatable bonds is 5. The molecule has 0 aliphatic rings. The van der Waals surface area contributed by atoms with Crippen molar-refractivity contribution in [2.24, 2.45) is 0 Å². The van der Waals surface area contributed by atoms with Crippen LogP contribution < -0.4 is 10.6 Å². The van der Waals surface area contributed by atoms with Crippen molar-refractivity contribution in [3.8, 4) is 0 Å². The van der Waals surface area contributed by atoms with Gasteiger partial charge in [-0.1, -0.05) is 30.3 Å². The minimum absolute atomic E-state index is 0.562. The maximum atomic E-state index is 11.9. The molecule has 2 N–H and O–H groups in total. The fourth-order valence-electron chi connectivity index (χ4n) is 1.40. The molecular weight excluding hydrogens is 285 g/mol. The lowest BCUT2D eigenvalue weighted by atomic mass is 10.2. The first-order valence-corrected chi connectivity index (χ1v) is 6.16. The van der Waals surface area contributed by atoms with Crippen LogP contribution in [0.25, 0.3) is 6.08 Å². The Morgan fingerprint density at radius 1 is 1.24 bits per heavy atom. The molecule has 0 radical (unpaired) electrons. The van der Waals surface area contributed by atoms with Crippen LogP contribution >= 0.6 is 0 Å². The standard InChI is InChI=1S/C14H15F3N2O2/c1-10(13(21)18-9-14(15,16)17)19-12(20)8-7-11-5-3-2-4-6-11/h2-8,10H,9H2,1H3,(H,18,21)(H,19,20)/b8-7+. The highest BCUT2D eigenvalue weighted by molar-refractivity contribution is 5.95. The zero-order chi connectivity index (χ0) is 15.9. The summed E-state index contributed by atoms with van der Waals surface area (Å²) in [6, 6.07) is 7.92. The Morgan fingerprint density at radius 2 is 1.86 bits per heavy atom. The third-order valence-corrected chi connectivity index (χ3v) is 2.44. The maximum Gasteiger partial charge on any atom is 0.405 e. The molecule has 0 bridgehead atoms. The number of hydrogen-bond donors (Lipinski definition) is 2. The maximum absolute atomic E-state index is 11.9. The number of carbonyl (C=O) groups is 2. The molecule has 0 saturated heterocycles. The van der Waals surface area contributed by atoms with Crippen molar-refractivity contribution >= 4 is 17.9 Å². The summed E-state index contributed by atoms with van der Waals surface area (Å²) in [6.45, 7) is -0.119. The molecule has 1 aromatic rings. The first-order chi connectivity index (χ1) is 9.78. The molecule has 0 aromatic heterocycles. The van der Waals surface area contributed by atoms with Gasteiger partial charge in [0.25, 0.3) is 0 Å². The molecule has 21 heavy (non-hydrogen) atoms. The van der Waals surface area contributed by atoms with Gasteiger partial charge >= 0.3 is 6.18 Å². The van der Waals surface area contributed by atoms with Crippen LogP contribution in [0.15, 0.2) is 36.4 Å². The Balaban J connectivity index is 2.43. The van der Waals surface area contributed by atoms with E-state index in [0.717, 1.165) is 5.56 Å². The van der Waals surface area contributed by atoms with Gasteiger partial charge in [0.15, 0.2) is 0 Å². The van der Waals surface area contributed by atoms with Crippen LogP contribution in [0.1, 0.15) is 12.5 Å². The van der Waals surface area contributed by atoms with Crippen LogP contribution in [0.4, 0.5) is 13.2 Å². The molecular formula is C14H15F3N2O2. The molecule has 2 amide bonds. The third kappa shape index (κ3) is 7.14. The number of carbonyl (C=O) groups excluding carboxylic acids is 2. The number of nitrogens with one attached hydrogen (secondary N) is 2. The fraction of sp³-hybridized carbons (Fsp3) is 0.286. The van der Waals surface area contributed by atoms with E-state index in [1.165, 1.54) is 19.1 Å². The van der Waals surface area contributed by atoms with E-state index in [9.17, 15) is 22.8 Å². The van der Waals surface area contributed by atoms with Crippen LogP contribution in [-0.2, 0) is 9.59 Å². The second-order valence-electron chi connectivity index (χ2n) is 4.31. The Labute approximate surface area is 120 Å². The van der Waals surface area contributed by atoms with Gasteiger partial charge in [-0.3, -0.25) is 9.59 Å². The zero-order valence-electron chi connectivity index (χ0n) is 11.3. The van der Waals surface area contributed by atoms with Gasteiger partial charge < -0.3 is 10.6 Å². The molecule has 1 atom stereocenters. The Hall–Kier alpha value is -2.31. The predicted molar refractivity (Wildman–Crippen MR) is 72.1 cm³/mol. The van der Waals surface area contributed by atoms with E-state index in [-0.39, 0.29) is 0 Å². The molecule has 0 aliphatic carbocycles. The van der Waals surface area contributed by atoms with E-state index in [0.29, 0.717) is 0 Å². The molecule has 0 saturated carbocycles. The van der Waals surface area contributed by atoms with Gasteiger partial charge in [-0.15, -0.1) is 0 Å². The van der Waals surface area contributed by atoms with Crippen molar-refractivity contribution in [1.29, 1.82) is 0 Å². The summed E-state index contributed by atoms with van der Waals surface area (Å²) in [5.41, 5.74) is 0.793. The van der Waals surface area contributed by atoms with Crippen molar-refractivity contribution in [1.82, 2.24) is 10.6 Å². The van der Waals surface area contributed by atoms with Crippen LogP contribution in [0.5, 0.6) is 0 Å². The van der Waals surface area contributed by atoms with Crippen molar-refractivity contribution in [2.45, 2.75) is 19.1 Å². The average molecular weight is 300 g/mol. The number of amides is 2. The predicted octanol–water partition coefficient (Wildman–Crippen LogP) is 1.88. The number of benzene rings is 1. The molecule has 0 spiro atoms.